The summed E-state index contributed by atoms with van der Waals surface area (Å²) in [6.07, 6.45) is 0.837. The summed E-state index contributed by atoms with van der Waals surface area (Å²) in [5.74, 6) is 0. The van der Waals surface area contributed by atoms with Crippen molar-refractivity contribution in [2.45, 2.75) is 39.3 Å². The number of anilines is 1. The van der Waals surface area contributed by atoms with Crippen molar-refractivity contribution in [2.75, 3.05) is 31.6 Å². The number of hydrogen-bond donors (Lipinski definition) is 1. The Morgan fingerprint density at radius 2 is 1.79 bits per heavy atom. The number of nitrogens with zero attached hydrogens (tertiary/aromatic N) is 2. The third kappa shape index (κ3) is 3.28. The SMILES string of the molecule is Cc1cc(C)cc(N2CC(C)N(C)CC2CCO)c1. The summed E-state index contributed by atoms with van der Waals surface area (Å²) in [6, 6.07) is 7.69. The van der Waals surface area contributed by atoms with Crippen molar-refractivity contribution in [3.63, 3.8) is 0 Å². The Morgan fingerprint density at radius 1 is 1.16 bits per heavy atom. The van der Waals surface area contributed by atoms with Crippen LogP contribution in [0.3, 0.4) is 0 Å². The highest BCUT2D eigenvalue weighted by molar-refractivity contribution is 5.52. The molecule has 1 heterocycles. The summed E-state index contributed by atoms with van der Waals surface area (Å²) in [4.78, 5) is 4.86. The molecule has 19 heavy (non-hydrogen) atoms. The summed E-state index contributed by atoms with van der Waals surface area (Å²) in [7, 11) is 2.17. The van der Waals surface area contributed by atoms with Crippen molar-refractivity contribution >= 4 is 5.69 Å². The molecule has 0 amide bonds. The molecule has 1 aromatic carbocycles. The van der Waals surface area contributed by atoms with E-state index in [2.05, 4.69) is 55.8 Å². The number of aryl methyl sites for hydroxylation is 2. The van der Waals surface area contributed by atoms with Crippen molar-refractivity contribution in [1.29, 1.82) is 0 Å². The van der Waals surface area contributed by atoms with Gasteiger partial charge in [-0.1, -0.05) is 6.07 Å². The first-order valence-electron chi connectivity index (χ1n) is 7.17. The lowest BCUT2D eigenvalue weighted by molar-refractivity contribution is 0.177. The van der Waals surface area contributed by atoms with Crippen molar-refractivity contribution < 1.29 is 5.11 Å². The van der Waals surface area contributed by atoms with Gasteiger partial charge in [-0.3, -0.25) is 4.90 Å². The van der Waals surface area contributed by atoms with Crippen LogP contribution in [0.1, 0.15) is 24.5 Å². The van der Waals surface area contributed by atoms with Crippen LogP contribution in [0.25, 0.3) is 0 Å². The van der Waals surface area contributed by atoms with Crippen LogP contribution >= 0.6 is 0 Å². The number of aliphatic hydroxyl groups excluding tert-OH is 1. The van der Waals surface area contributed by atoms with Crippen LogP contribution in [0.2, 0.25) is 0 Å². The zero-order valence-electron chi connectivity index (χ0n) is 12.6. The number of likely N-dealkylation sites (N-methyl/N-ethyl adjacent to an activating group) is 1. The van der Waals surface area contributed by atoms with Crippen molar-refractivity contribution in [3.8, 4) is 0 Å². The molecule has 0 aromatic heterocycles. The third-order valence-electron chi connectivity index (χ3n) is 4.15. The molecule has 0 aliphatic carbocycles. The second-order valence-electron chi connectivity index (χ2n) is 5.95. The number of aliphatic hydroxyl groups is 1. The van der Waals surface area contributed by atoms with Gasteiger partial charge in [0.1, 0.15) is 0 Å². The maximum Gasteiger partial charge on any atom is 0.0451 e. The highest BCUT2D eigenvalue weighted by atomic mass is 16.3. The summed E-state index contributed by atoms with van der Waals surface area (Å²) in [5.41, 5.74) is 3.92. The molecule has 2 atom stereocenters. The van der Waals surface area contributed by atoms with E-state index < -0.39 is 0 Å². The second-order valence-corrected chi connectivity index (χ2v) is 5.95. The van der Waals surface area contributed by atoms with Gasteiger partial charge in [-0.2, -0.15) is 0 Å². The van der Waals surface area contributed by atoms with Crippen molar-refractivity contribution in [1.82, 2.24) is 4.90 Å². The first-order chi connectivity index (χ1) is 9.01. The van der Waals surface area contributed by atoms with E-state index in [1.54, 1.807) is 0 Å². The normalized spacial score (nSPS) is 24.8. The number of benzene rings is 1. The maximum absolute atomic E-state index is 9.30. The first kappa shape index (κ1) is 14.4. The Hall–Kier alpha value is -1.06. The Kier molecular flexibility index (Phi) is 4.48. The highest BCUT2D eigenvalue weighted by Gasteiger charge is 2.29. The molecule has 2 unspecified atom stereocenters. The van der Waals surface area contributed by atoms with Gasteiger partial charge in [-0.25, -0.2) is 0 Å². The Bertz CT molecular complexity index is 413. The lowest BCUT2D eigenvalue weighted by atomic mass is 10.0. The van der Waals surface area contributed by atoms with Gasteiger partial charge in [0.05, 0.1) is 0 Å². The van der Waals surface area contributed by atoms with Crippen LogP contribution < -0.4 is 4.90 Å². The third-order valence-corrected chi connectivity index (χ3v) is 4.15. The molecular weight excluding hydrogens is 236 g/mol. The number of piperazine rings is 1. The van der Waals surface area contributed by atoms with Crippen LogP contribution in [0, 0.1) is 13.8 Å². The molecule has 1 N–H and O–H groups in total. The van der Waals surface area contributed by atoms with E-state index in [0.717, 1.165) is 19.5 Å². The average molecular weight is 262 g/mol. The summed E-state index contributed by atoms with van der Waals surface area (Å²) < 4.78 is 0. The molecule has 1 aliphatic heterocycles. The number of rotatable bonds is 3. The van der Waals surface area contributed by atoms with Gasteiger partial charge in [-0.15, -0.1) is 0 Å². The smallest absolute Gasteiger partial charge is 0.0451 e. The van der Waals surface area contributed by atoms with Crippen LogP contribution in [0.4, 0.5) is 5.69 Å². The van der Waals surface area contributed by atoms with Gasteiger partial charge in [0.15, 0.2) is 0 Å². The minimum Gasteiger partial charge on any atom is -0.396 e. The standard InChI is InChI=1S/C16H26N2O/c1-12-7-13(2)9-16(8-12)18-10-14(3)17(4)11-15(18)5-6-19/h7-9,14-15,19H,5-6,10-11H2,1-4H3. The Labute approximate surface area is 116 Å². The fourth-order valence-corrected chi connectivity index (χ4v) is 3.01. The summed E-state index contributed by atoms with van der Waals surface area (Å²) in [6.45, 7) is 8.88. The second kappa shape index (κ2) is 5.93. The predicted octanol–water partition coefficient (Wildman–Crippen LogP) is 2.19. The zero-order valence-corrected chi connectivity index (χ0v) is 12.6. The van der Waals surface area contributed by atoms with Gasteiger partial charge in [0.25, 0.3) is 0 Å². The zero-order chi connectivity index (χ0) is 14.0. The van der Waals surface area contributed by atoms with Gasteiger partial charge in [0, 0.05) is 37.5 Å². The van der Waals surface area contributed by atoms with Crippen molar-refractivity contribution in [3.05, 3.63) is 29.3 Å². The van der Waals surface area contributed by atoms with Gasteiger partial charge in [0.2, 0.25) is 0 Å². The first-order valence-corrected chi connectivity index (χ1v) is 7.17. The number of hydrogen-bond acceptors (Lipinski definition) is 3. The molecule has 2 rings (SSSR count). The topological polar surface area (TPSA) is 26.7 Å². The van der Waals surface area contributed by atoms with Gasteiger partial charge >= 0.3 is 0 Å². The quantitative estimate of drug-likeness (QED) is 0.904. The molecule has 0 bridgehead atoms. The average Bonchev–Trinajstić information content (AvgIpc) is 2.32. The molecule has 106 valence electrons. The van der Waals surface area contributed by atoms with E-state index in [-0.39, 0.29) is 6.61 Å². The minimum atomic E-state index is 0.258. The summed E-state index contributed by atoms with van der Waals surface area (Å²) in [5, 5.41) is 9.30. The molecule has 0 saturated carbocycles. The molecule has 3 heteroatoms. The predicted molar refractivity (Wildman–Crippen MR) is 80.8 cm³/mol. The molecule has 0 spiro atoms. The highest BCUT2D eigenvalue weighted by Crippen LogP contribution is 2.26. The molecule has 1 fully saturated rings. The van der Waals surface area contributed by atoms with E-state index in [1.165, 1.54) is 16.8 Å². The van der Waals surface area contributed by atoms with Gasteiger partial charge < -0.3 is 10.0 Å². The maximum atomic E-state index is 9.30. The molecule has 3 nitrogen and oxygen atoms in total. The fourth-order valence-electron chi connectivity index (χ4n) is 3.01. The molecule has 0 radical (unpaired) electrons. The Balaban J connectivity index is 2.27. The van der Waals surface area contributed by atoms with E-state index in [9.17, 15) is 5.11 Å². The fraction of sp³-hybridized carbons (Fsp3) is 0.625. The van der Waals surface area contributed by atoms with Crippen LogP contribution in [-0.4, -0.2) is 48.8 Å². The van der Waals surface area contributed by atoms with E-state index >= 15 is 0 Å². The molecule has 1 aromatic rings. The van der Waals surface area contributed by atoms with E-state index in [4.69, 9.17) is 0 Å². The lowest BCUT2D eigenvalue weighted by Gasteiger charge is -2.45. The Morgan fingerprint density at radius 3 is 2.37 bits per heavy atom. The van der Waals surface area contributed by atoms with E-state index in [0.29, 0.717) is 12.1 Å². The molecule has 1 saturated heterocycles. The molecular formula is C16H26N2O. The van der Waals surface area contributed by atoms with Crippen molar-refractivity contribution in [2.24, 2.45) is 0 Å². The lowest BCUT2D eigenvalue weighted by Crippen LogP contribution is -2.56. The van der Waals surface area contributed by atoms with Crippen LogP contribution in [-0.2, 0) is 0 Å². The van der Waals surface area contributed by atoms with Crippen LogP contribution in [0.5, 0.6) is 0 Å². The summed E-state index contributed by atoms with van der Waals surface area (Å²) >= 11 is 0. The van der Waals surface area contributed by atoms with Crippen LogP contribution in [0.15, 0.2) is 18.2 Å². The van der Waals surface area contributed by atoms with E-state index in [1.807, 2.05) is 0 Å². The minimum absolute atomic E-state index is 0.258. The largest absolute Gasteiger partial charge is 0.396 e. The molecule has 1 aliphatic rings. The van der Waals surface area contributed by atoms with Gasteiger partial charge in [-0.05, 0) is 57.5 Å². The monoisotopic (exact) mass is 262 g/mol.